The fraction of sp³-hybridized carbons (Fsp3) is 0.533. The van der Waals surface area contributed by atoms with Crippen LogP contribution in [0.4, 0.5) is 0 Å². The largest absolute Gasteiger partial charge is 0.358 e. The molecule has 1 amide bonds. The quantitative estimate of drug-likeness (QED) is 0.751. The molecule has 1 saturated carbocycles. The molecular formula is C15H22N2O. The standard InChI is InChI=1S/C15H22N2O/c1-12-3-5-13(6-4-12)15(7-8-15)9-10-17-11-14(18)16-2/h3-6,17H,7-11H2,1-2H3,(H,16,18). The highest BCUT2D eigenvalue weighted by Gasteiger charge is 2.43. The van der Waals surface area contributed by atoms with Gasteiger partial charge in [-0.3, -0.25) is 4.79 Å². The Morgan fingerprint density at radius 1 is 1.28 bits per heavy atom. The van der Waals surface area contributed by atoms with Crippen molar-refractivity contribution < 1.29 is 4.79 Å². The summed E-state index contributed by atoms with van der Waals surface area (Å²) in [4.78, 5) is 11.1. The van der Waals surface area contributed by atoms with Gasteiger partial charge in [-0.1, -0.05) is 29.8 Å². The minimum absolute atomic E-state index is 0.0511. The van der Waals surface area contributed by atoms with Gasteiger partial charge in [0, 0.05) is 7.05 Å². The second kappa shape index (κ2) is 5.53. The zero-order valence-electron chi connectivity index (χ0n) is 11.3. The Morgan fingerprint density at radius 2 is 1.94 bits per heavy atom. The number of aryl methyl sites for hydroxylation is 1. The molecule has 0 saturated heterocycles. The van der Waals surface area contributed by atoms with E-state index in [9.17, 15) is 4.79 Å². The van der Waals surface area contributed by atoms with Crippen LogP contribution >= 0.6 is 0 Å². The van der Waals surface area contributed by atoms with E-state index in [2.05, 4.69) is 41.8 Å². The first-order valence-electron chi connectivity index (χ1n) is 6.65. The van der Waals surface area contributed by atoms with Crippen molar-refractivity contribution in [3.63, 3.8) is 0 Å². The summed E-state index contributed by atoms with van der Waals surface area (Å²) in [7, 11) is 1.67. The van der Waals surface area contributed by atoms with E-state index in [0.717, 1.165) is 13.0 Å². The lowest BCUT2D eigenvalue weighted by molar-refractivity contribution is -0.119. The first-order chi connectivity index (χ1) is 8.66. The van der Waals surface area contributed by atoms with Crippen LogP contribution < -0.4 is 10.6 Å². The third kappa shape index (κ3) is 3.10. The molecule has 0 atom stereocenters. The zero-order chi connectivity index (χ0) is 13.0. The molecule has 18 heavy (non-hydrogen) atoms. The first-order valence-corrected chi connectivity index (χ1v) is 6.65. The highest BCUT2D eigenvalue weighted by Crippen LogP contribution is 2.50. The van der Waals surface area contributed by atoms with Gasteiger partial charge in [0.25, 0.3) is 0 Å². The van der Waals surface area contributed by atoms with Crippen molar-refractivity contribution in [3.05, 3.63) is 35.4 Å². The summed E-state index contributed by atoms with van der Waals surface area (Å²) in [6.45, 7) is 3.44. The van der Waals surface area contributed by atoms with Crippen molar-refractivity contribution in [1.29, 1.82) is 0 Å². The molecule has 0 radical (unpaired) electrons. The van der Waals surface area contributed by atoms with Crippen molar-refractivity contribution >= 4 is 5.91 Å². The molecule has 1 aliphatic carbocycles. The number of benzene rings is 1. The minimum atomic E-state index is 0.0511. The molecule has 2 rings (SSSR count). The van der Waals surface area contributed by atoms with Crippen LogP contribution in [-0.4, -0.2) is 26.0 Å². The summed E-state index contributed by atoms with van der Waals surface area (Å²) in [5.41, 5.74) is 3.14. The maximum absolute atomic E-state index is 11.1. The predicted octanol–water partition coefficient (Wildman–Crippen LogP) is 1.75. The summed E-state index contributed by atoms with van der Waals surface area (Å²) >= 11 is 0. The molecule has 1 aromatic carbocycles. The molecule has 98 valence electrons. The Labute approximate surface area is 109 Å². The number of carbonyl (C=O) groups excluding carboxylic acids is 1. The Hall–Kier alpha value is -1.35. The number of carbonyl (C=O) groups is 1. The van der Waals surface area contributed by atoms with E-state index < -0.39 is 0 Å². The lowest BCUT2D eigenvalue weighted by Crippen LogP contribution is -2.32. The van der Waals surface area contributed by atoms with Crippen LogP contribution in [0.15, 0.2) is 24.3 Å². The summed E-state index contributed by atoms with van der Waals surface area (Å²) in [5, 5.41) is 5.82. The van der Waals surface area contributed by atoms with Gasteiger partial charge in [-0.15, -0.1) is 0 Å². The van der Waals surface area contributed by atoms with Crippen LogP contribution in [0.1, 0.15) is 30.4 Å². The van der Waals surface area contributed by atoms with Crippen LogP contribution in [0.3, 0.4) is 0 Å². The van der Waals surface area contributed by atoms with Crippen LogP contribution in [0.5, 0.6) is 0 Å². The molecule has 0 aromatic heterocycles. The van der Waals surface area contributed by atoms with E-state index in [1.807, 2.05) is 0 Å². The Bertz CT molecular complexity index is 407. The smallest absolute Gasteiger partial charge is 0.233 e. The maximum atomic E-state index is 11.1. The molecule has 2 N–H and O–H groups in total. The van der Waals surface area contributed by atoms with Crippen molar-refractivity contribution in [1.82, 2.24) is 10.6 Å². The lowest BCUT2D eigenvalue weighted by atomic mass is 9.92. The number of hydrogen-bond donors (Lipinski definition) is 2. The van der Waals surface area contributed by atoms with E-state index in [-0.39, 0.29) is 5.91 Å². The third-order valence-corrected chi connectivity index (χ3v) is 3.86. The normalized spacial score (nSPS) is 16.3. The summed E-state index contributed by atoms with van der Waals surface area (Å²) in [6, 6.07) is 8.88. The van der Waals surface area contributed by atoms with Gasteiger partial charge >= 0.3 is 0 Å². The van der Waals surface area contributed by atoms with E-state index in [1.165, 1.54) is 24.0 Å². The highest BCUT2D eigenvalue weighted by atomic mass is 16.1. The predicted molar refractivity (Wildman–Crippen MR) is 73.6 cm³/mol. The van der Waals surface area contributed by atoms with E-state index in [4.69, 9.17) is 0 Å². The molecule has 1 aromatic rings. The molecule has 0 bridgehead atoms. The van der Waals surface area contributed by atoms with Gasteiger partial charge in [-0.2, -0.15) is 0 Å². The SMILES string of the molecule is CNC(=O)CNCCC1(c2ccc(C)cc2)CC1. The minimum Gasteiger partial charge on any atom is -0.358 e. The molecule has 0 heterocycles. The number of nitrogens with one attached hydrogen (secondary N) is 2. The molecule has 0 spiro atoms. The van der Waals surface area contributed by atoms with E-state index in [1.54, 1.807) is 7.05 Å². The monoisotopic (exact) mass is 246 g/mol. The van der Waals surface area contributed by atoms with Gasteiger partial charge in [0.15, 0.2) is 0 Å². The zero-order valence-corrected chi connectivity index (χ0v) is 11.3. The fourth-order valence-electron chi connectivity index (χ4n) is 2.36. The van der Waals surface area contributed by atoms with Crippen molar-refractivity contribution in [2.45, 2.75) is 31.6 Å². The Kier molecular flexibility index (Phi) is 4.02. The molecule has 0 unspecified atom stereocenters. The molecule has 0 aliphatic heterocycles. The second-order valence-electron chi connectivity index (χ2n) is 5.25. The number of rotatable bonds is 6. The summed E-state index contributed by atoms with van der Waals surface area (Å²) in [5.74, 6) is 0.0511. The lowest BCUT2D eigenvalue weighted by Gasteiger charge is -2.16. The Morgan fingerprint density at radius 3 is 2.50 bits per heavy atom. The van der Waals surface area contributed by atoms with Crippen LogP contribution in [-0.2, 0) is 10.2 Å². The Balaban J connectivity index is 1.82. The second-order valence-corrected chi connectivity index (χ2v) is 5.25. The molecular weight excluding hydrogens is 224 g/mol. The maximum Gasteiger partial charge on any atom is 0.233 e. The third-order valence-electron chi connectivity index (χ3n) is 3.86. The molecule has 1 fully saturated rings. The number of amides is 1. The van der Waals surface area contributed by atoms with Crippen LogP contribution in [0.2, 0.25) is 0 Å². The van der Waals surface area contributed by atoms with Gasteiger partial charge in [0.2, 0.25) is 5.91 Å². The average molecular weight is 246 g/mol. The van der Waals surface area contributed by atoms with Crippen molar-refractivity contribution in [2.24, 2.45) is 0 Å². The highest BCUT2D eigenvalue weighted by molar-refractivity contribution is 5.77. The fourth-order valence-corrected chi connectivity index (χ4v) is 2.36. The van der Waals surface area contributed by atoms with Crippen LogP contribution in [0, 0.1) is 6.92 Å². The van der Waals surface area contributed by atoms with Crippen molar-refractivity contribution in [3.8, 4) is 0 Å². The molecule has 3 heteroatoms. The summed E-state index contributed by atoms with van der Waals surface area (Å²) in [6.07, 6.45) is 3.67. The average Bonchev–Trinajstić information content (AvgIpc) is 3.16. The van der Waals surface area contributed by atoms with Gasteiger partial charge in [-0.25, -0.2) is 0 Å². The van der Waals surface area contributed by atoms with E-state index >= 15 is 0 Å². The van der Waals surface area contributed by atoms with Gasteiger partial charge in [-0.05, 0) is 43.7 Å². The van der Waals surface area contributed by atoms with Crippen LogP contribution in [0.25, 0.3) is 0 Å². The number of likely N-dealkylation sites (N-methyl/N-ethyl adjacent to an activating group) is 1. The topological polar surface area (TPSA) is 41.1 Å². The van der Waals surface area contributed by atoms with Gasteiger partial charge in [0.1, 0.15) is 0 Å². The van der Waals surface area contributed by atoms with E-state index in [0.29, 0.717) is 12.0 Å². The number of hydrogen-bond acceptors (Lipinski definition) is 2. The van der Waals surface area contributed by atoms with Gasteiger partial charge in [0.05, 0.1) is 6.54 Å². The first kappa shape index (κ1) is 13.1. The van der Waals surface area contributed by atoms with Gasteiger partial charge < -0.3 is 10.6 Å². The van der Waals surface area contributed by atoms with Crippen molar-refractivity contribution in [2.75, 3.05) is 20.1 Å². The molecule has 3 nitrogen and oxygen atoms in total. The molecule has 1 aliphatic rings. The summed E-state index contributed by atoms with van der Waals surface area (Å²) < 4.78 is 0.